The van der Waals surface area contributed by atoms with Gasteiger partial charge in [0.05, 0.1) is 18.7 Å². The monoisotopic (exact) mass is 251 g/mol. The first-order chi connectivity index (χ1) is 7.72. The topological polar surface area (TPSA) is 68.0 Å². The van der Waals surface area contributed by atoms with E-state index in [1.165, 1.54) is 0 Å². The summed E-state index contributed by atoms with van der Waals surface area (Å²) in [5.74, 6) is -1.55. The van der Waals surface area contributed by atoms with E-state index in [4.69, 9.17) is 5.11 Å². The SMILES string of the molecule is CC(C)c1c(C(=O)O)nnn1CCC(F)(F)F. The number of carboxylic acid groups (broad SMARTS) is 1. The number of aromatic carboxylic acids is 1. The predicted molar refractivity (Wildman–Crippen MR) is 51.7 cm³/mol. The zero-order valence-electron chi connectivity index (χ0n) is 9.32. The van der Waals surface area contributed by atoms with Crippen LogP contribution < -0.4 is 0 Å². The first-order valence-electron chi connectivity index (χ1n) is 4.96. The Kier molecular flexibility index (Phi) is 3.74. The van der Waals surface area contributed by atoms with E-state index in [1.54, 1.807) is 13.8 Å². The summed E-state index contributed by atoms with van der Waals surface area (Å²) in [6.45, 7) is 2.93. The smallest absolute Gasteiger partial charge is 0.390 e. The average Bonchev–Trinajstić information content (AvgIpc) is 2.56. The molecule has 1 heterocycles. The maximum Gasteiger partial charge on any atom is 0.390 e. The van der Waals surface area contributed by atoms with E-state index < -0.39 is 25.1 Å². The summed E-state index contributed by atoms with van der Waals surface area (Å²) in [7, 11) is 0. The summed E-state index contributed by atoms with van der Waals surface area (Å²) in [4.78, 5) is 10.8. The van der Waals surface area contributed by atoms with E-state index >= 15 is 0 Å². The highest BCUT2D eigenvalue weighted by Crippen LogP contribution is 2.23. The van der Waals surface area contributed by atoms with Gasteiger partial charge in [0, 0.05) is 0 Å². The van der Waals surface area contributed by atoms with Gasteiger partial charge in [0.15, 0.2) is 5.69 Å². The fraction of sp³-hybridized carbons (Fsp3) is 0.667. The molecule has 1 aromatic heterocycles. The van der Waals surface area contributed by atoms with Gasteiger partial charge >= 0.3 is 12.1 Å². The maximum atomic E-state index is 12.1. The molecule has 17 heavy (non-hydrogen) atoms. The van der Waals surface area contributed by atoms with Crippen molar-refractivity contribution in [2.45, 2.75) is 38.9 Å². The quantitative estimate of drug-likeness (QED) is 0.889. The van der Waals surface area contributed by atoms with Gasteiger partial charge in [0.1, 0.15) is 0 Å². The van der Waals surface area contributed by atoms with Crippen LogP contribution in [0.15, 0.2) is 0 Å². The third-order valence-electron chi connectivity index (χ3n) is 2.13. The van der Waals surface area contributed by atoms with Crippen LogP contribution in [0.4, 0.5) is 13.2 Å². The van der Waals surface area contributed by atoms with Crippen molar-refractivity contribution in [2.24, 2.45) is 0 Å². The minimum atomic E-state index is -4.30. The molecule has 1 N–H and O–H groups in total. The Morgan fingerprint density at radius 2 is 2.06 bits per heavy atom. The summed E-state index contributed by atoms with van der Waals surface area (Å²) < 4.78 is 37.2. The Hall–Kier alpha value is -1.60. The van der Waals surface area contributed by atoms with Crippen molar-refractivity contribution >= 4 is 5.97 Å². The zero-order chi connectivity index (χ0) is 13.2. The lowest BCUT2D eigenvalue weighted by Crippen LogP contribution is -2.16. The van der Waals surface area contributed by atoms with Crippen molar-refractivity contribution in [1.82, 2.24) is 15.0 Å². The molecule has 0 aromatic carbocycles. The van der Waals surface area contributed by atoms with Gasteiger partial charge in [-0.15, -0.1) is 5.10 Å². The van der Waals surface area contributed by atoms with E-state index in [2.05, 4.69) is 10.3 Å². The number of halogens is 3. The highest BCUT2D eigenvalue weighted by molar-refractivity contribution is 5.86. The molecule has 1 rings (SSSR count). The van der Waals surface area contributed by atoms with E-state index in [-0.39, 0.29) is 17.3 Å². The number of hydrogen-bond acceptors (Lipinski definition) is 3. The van der Waals surface area contributed by atoms with Crippen LogP contribution in [0.1, 0.15) is 42.4 Å². The summed E-state index contributed by atoms with van der Waals surface area (Å²) in [6, 6.07) is 0. The van der Waals surface area contributed by atoms with Gasteiger partial charge in [0.25, 0.3) is 0 Å². The van der Waals surface area contributed by atoms with Crippen LogP contribution in [0.2, 0.25) is 0 Å². The van der Waals surface area contributed by atoms with Crippen LogP contribution in [-0.4, -0.2) is 32.2 Å². The van der Waals surface area contributed by atoms with E-state index in [0.29, 0.717) is 0 Å². The van der Waals surface area contributed by atoms with E-state index in [1.807, 2.05) is 0 Å². The van der Waals surface area contributed by atoms with Crippen LogP contribution in [-0.2, 0) is 6.54 Å². The fourth-order valence-electron chi connectivity index (χ4n) is 1.44. The van der Waals surface area contributed by atoms with Crippen molar-refractivity contribution in [2.75, 3.05) is 0 Å². The number of aryl methyl sites for hydroxylation is 1. The molecule has 0 aliphatic rings. The van der Waals surface area contributed by atoms with Gasteiger partial charge in [-0.25, -0.2) is 9.48 Å². The maximum absolute atomic E-state index is 12.1. The average molecular weight is 251 g/mol. The molecule has 0 radical (unpaired) electrons. The van der Waals surface area contributed by atoms with Gasteiger partial charge in [0.2, 0.25) is 0 Å². The molecule has 0 fully saturated rings. The molecule has 1 aromatic rings. The summed E-state index contributed by atoms with van der Waals surface area (Å²) in [5, 5.41) is 15.6. The highest BCUT2D eigenvalue weighted by atomic mass is 19.4. The number of rotatable bonds is 4. The third kappa shape index (κ3) is 3.43. The zero-order valence-corrected chi connectivity index (χ0v) is 9.32. The number of aromatic nitrogens is 3. The molecule has 0 aliphatic heterocycles. The molecule has 0 bridgehead atoms. The number of alkyl halides is 3. The van der Waals surface area contributed by atoms with Gasteiger partial charge in [-0.05, 0) is 5.92 Å². The molecular formula is C9H12F3N3O2. The molecule has 96 valence electrons. The van der Waals surface area contributed by atoms with Crippen molar-refractivity contribution in [3.63, 3.8) is 0 Å². The van der Waals surface area contributed by atoms with E-state index in [9.17, 15) is 18.0 Å². The van der Waals surface area contributed by atoms with Crippen LogP contribution in [0.3, 0.4) is 0 Å². The normalized spacial score (nSPS) is 12.1. The van der Waals surface area contributed by atoms with Gasteiger partial charge in [-0.3, -0.25) is 0 Å². The molecular weight excluding hydrogens is 239 g/mol. The largest absolute Gasteiger partial charge is 0.476 e. The number of hydrogen-bond donors (Lipinski definition) is 1. The van der Waals surface area contributed by atoms with Crippen LogP contribution >= 0.6 is 0 Å². The second-order valence-electron chi connectivity index (χ2n) is 3.87. The molecule has 0 atom stereocenters. The number of nitrogens with zero attached hydrogens (tertiary/aromatic N) is 3. The number of carboxylic acids is 1. The van der Waals surface area contributed by atoms with Crippen molar-refractivity contribution in [3.05, 3.63) is 11.4 Å². The van der Waals surface area contributed by atoms with Crippen LogP contribution in [0.25, 0.3) is 0 Å². The van der Waals surface area contributed by atoms with Crippen molar-refractivity contribution in [3.8, 4) is 0 Å². The summed E-state index contributed by atoms with van der Waals surface area (Å²) in [5.41, 5.74) is -0.0797. The molecule has 0 amide bonds. The molecule has 0 saturated carbocycles. The number of carbonyl (C=O) groups is 1. The highest BCUT2D eigenvalue weighted by Gasteiger charge is 2.29. The lowest BCUT2D eigenvalue weighted by atomic mass is 10.1. The summed E-state index contributed by atoms with van der Waals surface area (Å²) >= 11 is 0. The molecule has 0 unspecified atom stereocenters. The fourth-order valence-corrected chi connectivity index (χ4v) is 1.44. The second kappa shape index (κ2) is 4.72. The lowest BCUT2D eigenvalue weighted by Gasteiger charge is -2.11. The van der Waals surface area contributed by atoms with Crippen molar-refractivity contribution < 1.29 is 23.1 Å². The Morgan fingerprint density at radius 1 is 1.47 bits per heavy atom. The Balaban J connectivity index is 2.97. The third-order valence-corrected chi connectivity index (χ3v) is 2.13. The lowest BCUT2D eigenvalue weighted by molar-refractivity contribution is -0.137. The molecule has 0 aliphatic carbocycles. The van der Waals surface area contributed by atoms with Crippen molar-refractivity contribution in [1.29, 1.82) is 0 Å². The first-order valence-corrected chi connectivity index (χ1v) is 4.96. The van der Waals surface area contributed by atoms with Gasteiger partial charge in [-0.2, -0.15) is 13.2 Å². The summed E-state index contributed by atoms with van der Waals surface area (Å²) in [6.07, 6.45) is -5.36. The van der Waals surface area contributed by atoms with Gasteiger partial charge < -0.3 is 5.11 Å². The Bertz CT molecular complexity index is 412. The Labute approximate surface area is 95.2 Å². The molecule has 0 spiro atoms. The molecule has 5 nitrogen and oxygen atoms in total. The standard InChI is InChI=1S/C9H12F3N3O2/c1-5(2)7-6(8(16)17)13-14-15(7)4-3-9(10,11)12/h5H,3-4H2,1-2H3,(H,16,17). The Morgan fingerprint density at radius 3 is 2.47 bits per heavy atom. The minimum Gasteiger partial charge on any atom is -0.476 e. The van der Waals surface area contributed by atoms with Crippen LogP contribution in [0.5, 0.6) is 0 Å². The van der Waals surface area contributed by atoms with E-state index in [0.717, 1.165) is 4.68 Å². The minimum absolute atomic E-state index is 0.210. The predicted octanol–water partition coefficient (Wildman–Crippen LogP) is 2.05. The van der Waals surface area contributed by atoms with Crippen LogP contribution in [0, 0.1) is 0 Å². The first kappa shape index (κ1) is 13.5. The van der Waals surface area contributed by atoms with Gasteiger partial charge in [-0.1, -0.05) is 19.1 Å². The molecule has 8 heteroatoms. The second-order valence-corrected chi connectivity index (χ2v) is 3.87. The molecule has 0 saturated heterocycles.